The van der Waals surface area contributed by atoms with Crippen LogP contribution < -0.4 is 4.90 Å². The first kappa shape index (κ1) is 20.5. The maximum absolute atomic E-state index is 12.7. The van der Waals surface area contributed by atoms with E-state index in [0.29, 0.717) is 32.0 Å². The summed E-state index contributed by atoms with van der Waals surface area (Å²) in [7, 11) is 0. The quantitative estimate of drug-likeness (QED) is 0.840. The van der Waals surface area contributed by atoms with E-state index in [9.17, 15) is 9.59 Å². The van der Waals surface area contributed by atoms with Gasteiger partial charge in [0.25, 0.3) is 0 Å². The largest absolute Gasteiger partial charge is 0.478 e. The highest BCUT2D eigenvalue weighted by Crippen LogP contribution is 2.28. The van der Waals surface area contributed by atoms with Gasteiger partial charge in [-0.05, 0) is 39.0 Å². The summed E-state index contributed by atoms with van der Waals surface area (Å²) in [5, 5.41) is 9.28. The Morgan fingerprint density at radius 3 is 2.50 bits per heavy atom. The first-order chi connectivity index (χ1) is 12.2. The van der Waals surface area contributed by atoms with Crippen LogP contribution in [0.3, 0.4) is 0 Å². The summed E-state index contributed by atoms with van der Waals surface area (Å²) in [6.45, 7) is 9.32. The molecule has 0 atom stereocenters. The van der Waals surface area contributed by atoms with Crippen molar-refractivity contribution in [2.75, 3.05) is 44.3 Å². The van der Waals surface area contributed by atoms with Crippen molar-refractivity contribution in [1.82, 2.24) is 4.90 Å². The van der Waals surface area contributed by atoms with Crippen LogP contribution in [0.25, 0.3) is 0 Å². The van der Waals surface area contributed by atoms with Gasteiger partial charge in [-0.3, -0.25) is 9.80 Å². The van der Waals surface area contributed by atoms with Crippen LogP contribution in [0.15, 0.2) is 18.2 Å². The van der Waals surface area contributed by atoms with E-state index in [4.69, 9.17) is 26.2 Å². The Labute approximate surface area is 158 Å². The third-order valence-corrected chi connectivity index (χ3v) is 4.15. The number of aromatic carboxylic acids is 1. The van der Waals surface area contributed by atoms with Gasteiger partial charge in [-0.15, -0.1) is 0 Å². The minimum Gasteiger partial charge on any atom is -0.478 e. The lowest BCUT2D eigenvalue weighted by atomic mass is 10.2. The smallest absolute Gasteiger partial charge is 0.414 e. The second-order valence-electron chi connectivity index (χ2n) is 7.06. The second-order valence-corrected chi connectivity index (χ2v) is 7.46. The number of nitrogens with zero attached hydrogens (tertiary/aromatic N) is 2. The molecule has 0 aromatic heterocycles. The van der Waals surface area contributed by atoms with E-state index in [2.05, 4.69) is 4.90 Å². The molecular formula is C18H25ClN2O5. The third-order valence-electron chi connectivity index (χ3n) is 3.84. The van der Waals surface area contributed by atoms with Gasteiger partial charge in [-0.25, -0.2) is 9.59 Å². The first-order valence-electron chi connectivity index (χ1n) is 8.51. The van der Waals surface area contributed by atoms with Crippen molar-refractivity contribution in [2.45, 2.75) is 26.4 Å². The Hall–Kier alpha value is -1.83. The van der Waals surface area contributed by atoms with E-state index < -0.39 is 17.7 Å². The van der Waals surface area contributed by atoms with Crippen LogP contribution in [0.4, 0.5) is 10.5 Å². The highest BCUT2D eigenvalue weighted by molar-refractivity contribution is 6.34. The van der Waals surface area contributed by atoms with Gasteiger partial charge in [0.05, 0.1) is 29.5 Å². The molecule has 2 rings (SSSR count). The van der Waals surface area contributed by atoms with E-state index in [1.54, 1.807) is 20.8 Å². The molecule has 0 spiro atoms. The highest BCUT2D eigenvalue weighted by Gasteiger charge is 2.26. The lowest BCUT2D eigenvalue weighted by Crippen LogP contribution is -2.44. The molecular weight excluding hydrogens is 360 g/mol. The number of rotatable bonds is 5. The van der Waals surface area contributed by atoms with Crippen LogP contribution in [-0.4, -0.2) is 67.1 Å². The van der Waals surface area contributed by atoms with Crippen LogP contribution in [-0.2, 0) is 9.47 Å². The summed E-state index contributed by atoms with van der Waals surface area (Å²) in [6, 6.07) is 4.30. The van der Waals surface area contributed by atoms with Gasteiger partial charge in [0.15, 0.2) is 0 Å². The average molecular weight is 385 g/mol. The number of halogens is 1. The van der Waals surface area contributed by atoms with E-state index >= 15 is 0 Å². The summed E-state index contributed by atoms with van der Waals surface area (Å²) in [5.74, 6) is -1.07. The van der Waals surface area contributed by atoms with Gasteiger partial charge in [-0.1, -0.05) is 11.6 Å². The SMILES string of the molecule is CC(C)(C)OC(=O)N(CCN1CCOCC1)c1ccc(C(=O)O)cc1Cl. The number of amides is 1. The minimum absolute atomic E-state index is 0.0658. The van der Waals surface area contributed by atoms with Crippen molar-refractivity contribution in [1.29, 1.82) is 0 Å². The zero-order chi connectivity index (χ0) is 19.3. The second kappa shape index (κ2) is 8.70. The number of hydrogen-bond acceptors (Lipinski definition) is 5. The minimum atomic E-state index is -1.07. The van der Waals surface area contributed by atoms with Gasteiger partial charge in [0.1, 0.15) is 5.60 Å². The average Bonchev–Trinajstić information content (AvgIpc) is 2.55. The molecule has 0 unspecified atom stereocenters. The van der Waals surface area contributed by atoms with Crippen LogP contribution in [0.5, 0.6) is 0 Å². The fraction of sp³-hybridized carbons (Fsp3) is 0.556. The number of morpholine rings is 1. The molecule has 1 saturated heterocycles. The fourth-order valence-corrected chi connectivity index (χ4v) is 2.83. The Bertz CT molecular complexity index is 653. The molecule has 1 aromatic carbocycles. The van der Waals surface area contributed by atoms with Gasteiger partial charge >= 0.3 is 12.1 Å². The highest BCUT2D eigenvalue weighted by atomic mass is 35.5. The molecule has 1 aliphatic rings. The Morgan fingerprint density at radius 2 is 1.96 bits per heavy atom. The third kappa shape index (κ3) is 5.86. The molecule has 0 saturated carbocycles. The zero-order valence-corrected chi connectivity index (χ0v) is 16.1. The lowest BCUT2D eigenvalue weighted by Gasteiger charge is -2.31. The zero-order valence-electron chi connectivity index (χ0n) is 15.3. The van der Waals surface area contributed by atoms with Gasteiger partial charge in [-0.2, -0.15) is 0 Å². The van der Waals surface area contributed by atoms with Gasteiger partial charge < -0.3 is 14.6 Å². The maximum atomic E-state index is 12.7. The summed E-state index contributed by atoms with van der Waals surface area (Å²) in [6.07, 6.45) is -0.518. The molecule has 1 N–H and O–H groups in total. The molecule has 8 heteroatoms. The molecule has 1 amide bonds. The molecule has 1 aliphatic heterocycles. The summed E-state index contributed by atoms with van der Waals surface area (Å²) >= 11 is 6.26. The van der Waals surface area contributed by atoms with Crippen molar-refractivity contribution in [2.24, 2.45) is 0 Å². The summed E-state index contributed by atoms with van der Waals surface area (Å²) in [5.41, 5.74) is -0.155. The molecule has 1 fully saturated rings. The van der Waals surface area contributed by atoms with Crippen molar-refractivity contribution in [3.05, 3.63) is 28.8 Å². The summed E-state index contributed by atoms with van der Waals surface area (Å²) in [4.78, 5) is 27.4. The van der Waals surface area contributed by atoms with Crippen molar-refractivity contribution < 1.29 is 24.2 Å². The number of ether oxygens (including phenoxy) is 2. The fourth-order valence-electron chi connectivity index (χ4n) is 2.55. The Balaban J connectivity index is 2.21. The lowest BCUT2D eigenvalue weighted by molar-refractivity contribution is 0.0375. The topological polar surface area (TPSA) is 79.3 Å². The molecule has 1 aromatic rings. The molecule has 0 radical (unpaired) electrons. The Kier molecular flexibility index (Phi) is 6.86. The maximum Gasteiger partial charge on any atom is 0.414 e. The van der Waals surface area contributed by atoms with Crippen LogP contribution in [0.2, 0.25) is 5.02 Å². The molecule has 7 nitrogen and oxygen atoms in total. The van der Waals surface area contributed by atoms with Crippen molar-refractivity contribution >= 4 is 29.4 Å². The van der Waals surface area contributed by atoms with E-state index in [-0.39, 0.29) is 10.6 Å². The number of carboxylic acids is 1. The molecule has 26 heavy (non-hydrogen) atoms. The number of carboxylic acid groups (broad SMARTS) is 1. The number of hydrogen-bond donors (Lipinski definition) is 1. The summed E-state index contributed by atoms with van der Waals surface area (Å²) < 4.78 is 10.8. The molecule has 0 bridgehead atoms. The van der Waals surface area contributed by atoms with E-state index in [0.717, 1.165) is 13.1 Å². The van der Waals surface area contributed by atoms with Crippen molar-refractivity contribution in [3.8, 4) is 0 Å². The van der Waals surface area contributed by atoms with E-state index in [1.165, 1.54) is 23.1 Å². The number of carbonyl (C=O) groups excluding carboxylic acids is 1. The number of anilines is 1. The van der Waals surface area contributed by atoms with Gasteiger partial charge in [0.2, 0.25) is 0 Å². The normalized spacial score (nSPS) is 15.5. The molecule has 1 heterocycles. The molecule has 0 aliphatic carbocycles. The van der Waals surface area contributed by atoms with Crippen LogP contribution in [0.1, 0.15) is 31.1 Å². The van der Waals surface area contributed by atoms with E-state index in [1.807, 2.05) is 0 Å². The standard InChI is InChI=1S/C18H25ClN2O5/c1-18(2,3)26-17(24)21(7-6-20-8-10-25-11-9-20)15-5-4-13(16(22)23)12-14(15)19/h4-5,12H,6-11H2,1-3H3,(H,22,23). The van der Waals surface area contributed by atoms with Crippen molar-refractivity contribution in [3.63, 3.8) is 0 Å². The molecule has 144 valence electrons. The monoisotopic (exact) mass is 384 g/mol. The number of carbonyl (C=O) groups is 2. The van der Waals surface area contributed by atoms with Gasteiger partial charge in [0, 0.05) is 26.2 Å². The predicted octanol–water partition coefficient (Wildman–Crippen LogP) is 3.11. The van der Waals surface area contributed by atoms with Crippen LogP contribution >= 0.6 is 11.6 Å². The predicted molar refractivity (Wildman–Crippen MR) is 99.3 cm³/mol. The Morgan fingerprint density at radius 1 is 1.31 bits per heavy atom. The first-order valence-corrected chi connectivity index (χ1v) is 8.88. The van der Waals surface area contributed by atoms with Crippen LogP contribution in [0, 0.1) is 0 Å². The number of benzene rings is 1.